The lowest BCUT2D eigenvalue weighted by Gasteiger charge is -2.15. The van der Waals surface area contributed by atoms with Crippen LogP contribution < -0.4 is 4.90 Å². The van der Waals surface area contributed by atoms with E-state index < -0.39 is 4.92 Å². The molecule has 0 aliphatic rings. The van der Waals surface area contributed by atoms with Gasteiger partial charge in [-0.2, -0.15) is 0 Å². The standard InChI is InChI=1S/C11H10N2O3/c1-3-6-12(2)10-5-4-9(8-14)7-11(10)13(15)16/h1,4-5,7-8H,6H2,2H3. The first-order valence-electron chi connectivity index (χ1n) is 4.48. The van der Waals surface area contributed by atoms with Crippen LogP contribution in [0.25, 0.3) is 0 Å². The topological polar surface area (TPSA) is 63.5 Å². The molecule has 0 radical (unpaired) electrons. The van der Waals surface area contributed by atoms with Crippen LogP contribution in [0.1, 0.15) is 10.4 Å². The summed E-state index contributed by atoms with van der Waals surface area (Å²) in [5.41, 5.74) is 0.542. The number of hydrogen-bond acceptors (Lipinski definition) is 4. The van der Waals surface area contributed by atoms with Crippen LogP contribution in [0.5, 0.6) is 0 Å². The molecule has 0 spiro atoms. The first kappa shape index (κ1) is 11.7. The zero-order valence-electron chi connectivity index (χ0n) is 8.71. The molecule has 16 heavy (non-hydrogen) atoms. The zero-order valence-corrected chi connectivity index (χ0v) is 8.71. The van der Waals surface area contributed by atoms with Crippen LogP contribution in [0.3, 0.4) is 0 Å². The largest absolute Gasteiger partial charge is 0.358 e. The third-order valence-corrected chi connectivity index (χ3v) is 2.07. The minimum atomic E-state index is -0.532. The van der Waals surface area contributed by atoms with E-state index in [1.165, 1.54) is 18.2 Å². The summed E-state index contributed by atoms with van der Waals surface area (Å²) in [5, 5.41) is 10.8. The predicted octanol–water partition coefficient (Wildman–Crippen LogP) is 1.48. The number of benzene rings is 1. The number of hydrogen-bond donors (Lipinski definition) is 0. The van der Waals surface area contributed by atoms with E-state index in [0.29, 0.717) is 12.0 Å². The van der Waals surface area contributed by atoms with Gasteiger partial charge >= 0.3 is 0 Å². The fourth-order valence-corrected chi connectivity index (χ4v) is 1.30. The number of anilines is 1. The molecule has 0 heterocycles. The monoisotopic (exact) mass is 218 g/mol. The average Bonchev–Trinajstić information content (AvgIpc) is 2.28. The van der Waals surface area contributed by atoms with E-state index in [9.17, 15) is 14.9 Å². The number of nitro benzene ring substituents is 1. The van der Waals surface area contributed by atoms with Crippen LogP contribution in [0, 0.1) is 22.5 Å². The van der Waals surface area contributed by atoms with Gasteiger partial charge in [0.25, 0.3) is 5.69 Å². The number of rotatable bonds is 4. The molecular formula is C11H10N2O3. The molecule has 1 aromatic rings. The Morgan fingerprint density at radius 3 is 2.81 bits per heavy atom. The molecule has 5 nitrogen and oxygen atoms in total. The number of nitro groups is 1. The highest BCUT2D eigenvalue weighted by Gasteiger charge is 2.17. The average molecular weight is 218 g/mol. The molecule has 82 valence electrons. The summed E-state index contributed by atoms with van der Waals surface area (Å²) >= 11 is 0. The van der Waals surface area contributed by atoms with Gasteiger partial charge in [0.15, 0.2) is 0 Å². The van der Waals surface area contributed by atoms with Crippen molar-refractivity contribution in [3.8, 4) is 12.3 Å². The van der Waals surface area contributed by atoms with E-state index in [2.05, 4.69) is 5.92 Å². The second-order valence-electron chi connectivity index (χ2n) is 3.18. The molecule has 1 rings (SSSR count). The van der Waals surface area contributed by atoms with Crippen LogP contribution in [0.2, 0.25) is 0 Å². The molecule has 0 amide bonds. The molecule has 0 atom stereocenters. The smallest absolute Gasteiger partial charge is 0.293 e. The Bertz CT molecular complexity index is 463. The van der Waals surface area contributed by atoms with Crippen molar-refractivity contribution in [1.29, 1.82) is 0 Å². The fourth-order valence-electron chi connectivity index (χ4n) is 1.30. The summed E-state index contributed by atoms with van der Waals surface area (Å²) in [6.07, 6.45) is 5.70. The Hall–Kier alpha value is -2.35. The van der Waals surface area contributed by atoms with E-state index in [1.807, 2.05) is 0 Å². The molecule has 5 heteroatoms. The van der Waals surface area contributed by atoms with Gasteiger partial charge in [-0.05, 0) is 12.1 Å². The van der Waals surface area contributed by atoms with Gasteiger partial charge in [0.2, 0.25) is 0 Å². The Balaban J connectivity index is 3.23. The highest BCUT2D eigenvalue weighted by molar-refractivity contribution is 5.79. The van der Waals surface area contributed by atoms with Crippen molar-refractivity contribution in [3.05, 3.63) is 33.9 Å². The van der Waals surface area contributed by atoms with Crippen LogP contribution in [-0.2, 0) is 0 Å². The third-order valence-electron chi connectivity index (χ3n) is 2.07. The van der Waals surface area contributed by atoms with Gasteiger partial charge in [0, 0.05) is 18.7 Å². The zero-order chi connectivity index (χ0) is 12.1. The lowest BCUT2D eigenvalue weighted by Crippen LogP contribution is -2.18. The van der Waals surface area contributed by atoms with Crippen molar-refractivity contribution in [2.75, 3.05) is 18.5 Å². The van der Waals surface area contributed by atoms with Gasteiger partial charge in [-0.1, -0.05) is 5.92 Å². The molecule has 0 saturated carbocycles. The van der Waals surface area contributed by atoms with Crippen molar-refractivity contribution in [3.63, 3.8) is 0 Å². The highest BCUT2D eigenvalue weighted by Crippen LogP contribution is 2.27. The first-order valence-corrected chi connectivity index (χ1v) is 4.48. The van der Waals surface area contributed by atoms with Crippen molar-refractivity contribution in [2.24, 2.45) is 0 Å². The maximum Gasteiger partial charge on any atom is 0.293 e. The number of carbonyl (C=O) groups excluding carboxylic acids is 1. The van der Waals surface area contributed by atoms with E-state index in [4.69, 9.17) is 6.42 Å². The molecule has 0 N–H and O–H groups in total. The van der Waals surface area contributed by atoms with Crippen LogP contribution in [-0.4, -0.2) is 24.8 Å². The normalized spacial score (nSPS) is 9.25. The molecule has 0 saturated heterocycles. The lowest BCUT2D eigenvalue weighted by atomic mass is 10.2. The fraction of sp³-hybridized carbons (Fsp3) is 0.182. The van der Waals surface area contributed by atoms with Crippen molar-refractivity contribution >= 4 is 17.7 Å². The summed E-state index contributed by atoms with van der Waals surface area (Å²) in [6.45, 7) is 0.265. The van der Waals surface area contributed by atoms with Crippen LogP contribution in [0.15, 0.2) is 18.2 Å². The summed E-state index contributed by atoms with van der Waals surface area (Å²) in [4.78, 5) is 22.4. The molecule has 1 aromatic carbocycles. The Kier molecular flexibility index (Phi) is 3.62. The molecule has 0 bridgehead atoms. The Morgan fingerprint density at radius 2 is 2.31 bits per heavy atom. The molecule has 0 aliphatic carbocycles. The maximum absolute atomic E-state index is 10.8. The number of aldehydes is 1. The molecule has 0 unspecified atom stereocenters. The molecular weight excluding hydrogens is 208 g/mol. The predicted molar refractivity (Wildman–Crippen MR) is 60.6 cm³/mol. The second-order valence-corrected chi connectivity index (χ2v) is 3.18. The quantitative estimate of drug-likeness (QED) is 0.332. The molecule has 0 aliphatic heterocycles. The van der Waals surface area contributed by atoms with Gasteiger partial charge in [-0.3, -0.25) is 14.9 Å². The van der Waals surface area contributed by atoms with E-state index in [1.54, 1.807) is 11.9 Å². The van der Waals surface area contributed by atoms with E-state index >= 15 is 0 Å². The summed E-state index contributed by atoms with van der Waals surface area (Å²) in [5.74, 6) is 2.39. The van der Waals surface area contributed by atoms with Crippen molar-refractivity contribution in [1.82, 2.24) is 0 Å². The van der Waals surface area contributed by atoms with E-state index in [0.717, 1.165) is 0 Å². The summed E-state index contributed by atoms with van der Waals surface area (Å²) in [7, 11) is 1.66. The maximum atomic E-state index is 10.8. The van der Waals surface area contributed by atoms with Crippen LogP contribution >= 0.6 is 0 Å². The van der Waals surface area contributed by atoms with Crippen LogP contribution in [0.4, 0.5) is 11.4 Å². The Morgan fingerprint density at radius 1 is 1.62 bits per heavy atom. The number of nitrogens with zero attached hydrogens (tertiary/aromatic N) is 2. The molecule has 0 aromatic heterocycles. The lowest BCUT2D eigenvalue weighted by molar-refractivity contribution is -0.384. The van der Waals surface area contributed by atoms with Crippen molar-refractivity contribution < 1.29 is 9.72 Å². The highest BCUT2D eigenvalue weighted by atomic mass is 16.6. The van der Waals surface area contributed by atoms with Gasteiger partial charge in [-0.25, -0.2) is 0 Å². The minimum Gasteiger partial charge on any atom is -0.358 e. The van der Waals surface area contributed by atoms with Gasteiger partial charge in [-0.15, -0.1) is 6.42 Å². The van der Waals surface area contributed by atoms with Gasteiger partial charge < -0.3 is 4.90 Å². The minimum absolute atomic E-state index is 0.123. The number of carbonyl (C=O) groups is 1. The summed E-state index contributed by atoms with van der Waals surface area (Å²) < 4.78 is 0. The number of terminal acetylenes is 1. The van der Waals surface area contributed by atoms with Gasteiger partial charge in [0.05, 0.1) is 11.5 Å². The molecule has 0 fully saturated rings. The third kappa shape index (κ3) is 2.36. The Labute approximate surface area is 92.8 Å². The van der Waals surface area contributed by atoms with Crippen molar-refractivity contribution in [2.45, 2.75) is 0 Å². The second kappa shape index (κ2) is 4.94. The van der Waals surface area contributed by atoms with E-state index in [-0.39, 0.29) is 17.8 Å². The first-order chi connectivity index (χ1) is 7.60. The summed E-state index contributed by atoms with van der Waals surface area (Å²) in [6, 6.07) is 4.26. The van der Waals surface area contributed by atoms with Gasteiger partial charge in [0.1, 0.15) is 12.0 Å². The SMILES string of the molecule is C#CCN(C)c1ccc(C=O)cc1[N+](=O)[O-].